The highest BCUT2D eigenvalue weighted by atomic mass is 79.9. The SMILES string of the molecule is OC(Cc1ccc(Br)cc1F)c1cccc(Br)c1. The molecule has 0 aromatic heterocycles. The largest absolute Gasteiger partial charge is 0.388 e. The fourth-order valence-electron chi connectivity index (χ4n) is 1.73. The van der Waals surface area contributed by atoms with Crippen LogP contribution in [0.25, 0.3) is 0 Å². The second-order valence-electron chi connectivity index (χ2n) is 4.01. The molecule has 0 aliphatic carbocycles. The number of aliphatic hydroxyl groups is 1. The summed E-state index contributed by atoms with van der Waals surface area (Å²) in [6.45, 7) is 0. The summed E-state index contributed by atoms with van der Waals surface area (Å²) in [6, 6.07) is 12.3. The van der Waals surface area contributed by atoms with Gasteiger partial charge in [-0.05, 0) is 35.4 Å². The lowest BCUT2D eigenvalue weighted by Crippen LogP contribution is -2.03. The van der Waals surface area contributed by atoms with Gasteiger partial charge in [0.1, 0.15) is 5.82 Å². The van der Waals surface area contributed by atoms with E-state index < -0.39 is 6.10 Å². The van der Waals surface area contributed by atoms with Crippen molar-refractivity contribution < 1.29 is 9.50 Å². The van der Waals surface area contributed by atoms with Crippen molar-refractivity contribution in [2.45, 2.75) is 12.5 Å². The van der Waals surface area contributed by atoms with Gasteiger partial charge in [-0.2, -0.15) is 0 Å². The van der Waals surface area contributed by atoms with Crippen LogP contribution in [0.3, 0.4) is 0 Å². The summed E-state index contributed by atoms with van der Waals surface area (Å²) in [5.41, 5.74) is 1.28. The summed E-state index contributed by atoms with van der Waals surface area (Å²) < 4.78 is 15.2. The number of hydrogen-bond acceptors (Lipinski definition) is 1. The van der Waals surface area contributed by atoms with Gasteiger partial charge in [-0.25, -0.2) is 4.39 Å². The Morgan fingerprint density at radius 1 is 1.06 bits per heavy atom. The molecule has 0 spiro atoms. The van der Waals surface area contributed by atoms with E-state index in [4.69, 9.17) is 0 Å². The molecule has 1 N–H and O–H groups in total. The van der Waals surface area contributed by atoms with Crippen LogP contribution in [0.5, 0.6) is 0 Å². The summed E-state index contributed by atoms with van der Waals surface area (Å²) in [7, 11) is 0. The Bertz CT molecular complexity index is 557. The lowest BCUT2D eigenvalue weighted by atomic mass is 10.0. The van der Waals surface area contributed by atoms with E-state index in [1.165, 1.54) is 6.07 Å². The summed E-state index contributed by atoms with van der Waals surface area (Å²) in [5.74, 6) is -0.307. The Hall–Kier alpha value is -0.710. The number of rotatable bonds is 3. The van der Waals surface area contributed by atoms with Crippen LogP contribution in [0, 0.1) is 5.82 Å². The fraction of sp³-hybridized carbons (Fsp3) is 0.143. The summed E-state index contributed by atoms with van der Waals surface area (Å²) >= 11 is 6.56. The monoisotopic (exact) mass is 372 g/mol. The molecule has 1 atom stereocenters. The van der Waals surface area contributed by atoms with Gasteiger partial charge in [0.25, 0.3) is 0 Å². The number of aliphatic hydroxyl groups excluding tert-OH is 1. The predicted octanol–water partition coefficient (Wildman–Crippen LogP) is 4.63. The molecule has 4 heteroatoms. The first-order valence-electron chi connectivity index (χ1n) is 5.44. The van der Waals surface area contributed by atoms with E-state index in [-0.39, 0.29) is 12.2 Å². The quantitative estimate of drug-likeness (QED) is 0.831. The summed E-state index contributed by atoms with van der Waals surface area (Å²) in [5, 5.41) is 10.1. The highest BCUT2D eigenvalue weighted by Gasteiger charge is 2.12. The van der Waals surface area contributed by atoms with E-state index in [0.29, 0.717) is 10.0 Å². The van der Waals surface area contributed by atoms with Crippen molar-refractivity contribution in [2.24, 2.45) is 0 Å². The molecule has 0 amide bonds. The molecule has 0 radical (unpaired) electrons. The normalized spacial score (nSPS) is 12.4. The van der Waals surface area contributed by atoms with E-state index in [9.17, 15) is 9.50 Å². The van der Waals surface area contributed by atoms with Gasteiger partial charge in [-0.3, -0.25) is 0 Å². The van der Waals surface area contributed by atoms with E-state index >= 15 is 0 Å². The van der Waals surface area contributed by atoms with E-state index in [2.05, 4.69) is 31.9 Å². The van der Waals surface area contributed by atoms with Crippen LogP contribution in [0.1, 0.15) is 17.2 Å². The molecule has 2 aromatic rings. The molecule has 94 valence electrons. The molecular weight excluding hydrogens is 363 g/mol. The minimum atomic E-state index is -0.710. The minimum absolute atomic E-state index is 0.259. The van der Waals surface area contributed by atoms with Crippen LogP contribution in [0.15, 0.2) is 51.4 Å². The third-order valence-electron chi connectivity index (χ3n) is 2.66. The fourth-order valence-corrected chi connectivity index (χ4v) is 2.48. The lowest BCUT2D eigenvalue weighted by molar-refractivity contribution is 0.177. The van der Waals surface area contributed by atoms with Crippen molar-refractivity contribution in [3.05, 3.63) is 68.4 Å². The lowest BCUT2D eigenvalue weighted by Gasteiger charge is -2.12. The van der Waals surface area contributed by atoms with Gasteiger partial charge < -0.3 is 5.11 Å². The Morgan fingerprint density at radius 3 is 2.44 bits per heavy atom. The molecule has 2 aromatic carbocycles. The molecule has 0 aliphatic heterocycles. The molecule has 2 rings (SSSR count). The van der Waals surface area contributed by atoms with Crippen molar-refractivity contribution in [3.8, 4) is 0 Å². The van der Waals surface area contributed by atoms with Gasteiger partial charge >= 0.3 is 0 Å². The highest BCUT2D eigenvalue weighted by Crippen LogP contribution is 2.24. The zero-order valence-corrected chi connectivity index (χ0v) is 12.6. The highest BCUT2D eigenvalue weighted by molar-refractivity contribution is 9.10. The van der Waals surface area contributed by atoms with Crippen molar-refractivity contribution in [2.75, 3.05) is 0 Å². The maximum absolute atomic E-state index is 13.7. The molecular formula is C14H11Br2FO. The van der Waals surface area contributed by atoms with Gasteiger partial charge in [0.05, 0.1) is 6.10 Å². The Labute approximate surface area is 122 Å². The molecule has 1 unspecified atom stereocenters. The smallest absolute Gasteiger partial charge is 0.127 e. The molecule has 0 fully saturated rings. The average Bonchev–Trinajstić information content (AvgIpc) is 2.32. The van der Waals surface area contributed by atoms with Crippen LogP contribution < -0.4 is 0 Å². The van der Waals surface area contributed by atoms with Gasteiger partial charge in [0, 0.05) is 15.4 Å². The zero-order chi connectivity index (χ0) is 13.1. The van der Waals surface area contributed by atoms with Crippen molar-refractivity contribution in [1.29, 1.82) is 0 Å². The summed E-state index contributed by atoms with van der Waals surface area (Å²) in [4.78, 5) is 0. The maximum Gasteiger partial charge on any atom is 0.127 e. The Balaban J connectivity index is 2.18. The molecule has 0 aliphatic rings. The summed E-state index contributed by atoms with van der Waals surface area (Å²) in [6.07, 6.45) is -0.451. The second kappa shape index (κ2) is 5.95. The average molecular weight is 374 g/mol. The standard InChI is InChI=1S/C14H11Br2FO/c15-11-3-1-2-10(6-11)14(18)7-9-4-5-12(16)8-13(9)17/h1-6,8,14,18H,7H2. The Morgan fingerprint density at radius 2 is 1.78 bits per heavy atom. The zero-order valence-electron chi connectivity index (χ0n) is 9.41. The van der Waals surface area contributed by atoms with Crippen molar-refractivity contribution in [1.82, 2.24) is 0 Å². The number of benzene rings is 2. The van der Waals surface area contributed by atoms with Gasteiger partial charge in [-0.1, -0.05) is 50.1 Å². The third kappa shape index (κ3) is 3.40. The van der Waals surface area contributed by atoms with E-state index in [0.717, 1.165) is 10.0 Å². The van der Waals surface area contributed by atoms with Crippen LogP contribution in [-0.2, 0) is 6.42 Å². The molecule has 1 nitrogen and oxygen atoms in total. The molecule has 0 saturated heterocycles. The first kappa shape index (κ1) is 13.7. The van der Waals surface area contributed by atoms with Gasteiger partial charge in [-0.15, -0.1) is 0 Å². The van der Waals surface area contributed by atoms with Crippen LogP contribution >= 0.6 is 31.9 Å². The first-order valence-corrected chi connectivity index (χ1v) is 7.02. The third-order valence-corrected chi connectivity index (χ3v) is 3.65. The molecule has 0 saturated carbocycles. The van der Waals surface area contributed by atoms with Crippen molar-refractivity contribution in [3.63, 3.8) is 0 Å². The van der Waals surface area contributed by atoms with E-state index in [1.54, 1.807) is 12.1 Å². The predicted molar refractivity (Wildman–Crippen MR) is 76.9 cm³/mol. The topological polar surface area (TPSA) is 20.2 Å². The van der Waals surface area contributed by atoms with Gasteiger partial charge in [0.15, 0.2) is 0 Å². The Kier molecular flexibility index (Phi) is 4.54. The maximum atomic E-state index is 13.7. The molecule has 0 heterocycles. The van der Waals surface area contributed by atoms with E-state index in [1.807, 2.05) is 24.3 Å². The number of halogens is 3. The first-order chi connectivity index (χ1) is 8.56. The number of hydrogen-bond donors (Lipinski definition) is 1. The molecule has 18 heavy (non-hydrogen) atoms. The van der Waals surface area contributed by atoms with Gasteiger partial charge in [0.2, 0.25) is 0 Å². The molecule has 0 bridgehead atoms. The van der Waals surface area contributed by atoms with Crippen LogP contribution in [0.2, 0.25) is 0 Å². The van der Waals surface area contributed by atoms with Crippen LogP contribution in [0.4, 0.5) is 4.39 Å². The van der Waals surface area contributed by atoms with Crippen LogP contribution in [-0.4, -0.2) is 5.11 Å². The second-order valence-corrected chi connectivity index (χ2v) is 5.84. The minimum Gasteiger partial charge on any atom is -0.388 e. The van der Waals surface area contributed by atoms with Crippen molar-refractivity contribution >= 4 is 31.9 Å².